The van der Waals surface area contributed by atoms with Gasteiger partial charge in [-0.25, -0.2) is 14.4 Å². The zero-order valence-electron chi connectivity index (χ0n) is 10.4. The Balaban J connectivity index is 1.93. The van der Waals surface area contributed by atoms with Crippen LogP contribution in [0.15, 0.2) is 36.8 Å². The van der Waals surface area contributed by atoms with E-state index in [1.54, 1.807) is 0 Å². The van der Waals surface area contributed by atoms with E-state index in [-0.39, 0.29) is 0 Å². The fourth-order valence-corrected chi connectivity index (χ4v) is 2.20. The van der Waals surface area contributed by atoms with Gasteiger partial charge < -0.3 is 9.64 Å². The maximum absolute atomic E-state index is 13.7. The molecular weight excluding hydrogens is 245 g/mol. The highest BCUT2D eigenvalue weighted by molar-refractivity contribution is 5.65. The molecule has 4 nitrogen and oxygen atoms in total. The van der Waals surface area contributed by atoms with Gasteiger partial charge in [0.1, 0.15) is 12.0 Å². The van der Waals surface area contributed by atoms with Crippen LogP contribution >= 0.6 is 0 Å². The van der Waals surface area contributed by atoms with Crippen molar-refractivity contribution in [3.63, 3.8) is 0 Å². The maximum atomic E-state index is 13.7. The van der Waals surface area contributed by atoms with Crippen LogP contribution in [0.2, 0.25) is 0 Å². The van der Waals surface area contributed by atoms with Crippen LogP contribution in [0.1, 0.15) is 0 Å². The number of ether oxygens (including phenoxy) is 1. The molecule has 0 atom stereocenters. The van der Waals surface area contributed by atoms with E-state index in [2.05, 4.69) is 14.9 Å². The number of rotatable bonds is 2. The Morgan fingerprint density at radius 2 is 2.05 bits per heavy atom. The van der Waals surface area contributed by atoms with E-state index in [4.69, 9.17) is 4.74 Å². The molecule has 0 aliphatic carbocycles. The Morgan fingerprint density at radius 1 is 1.21 bits per heavy atom. The quantitative estimate of drug-likeness (QED) is 0.828. The topological polar surface area (TPSA) is 38.2 Å². The van der Waals surface area contributed by atoms with Gasteiger partial charge in [0.15, 0.2) is 5.82 Å². The zero-order valence-corrected chi connectivity index (χ0v) is 10.4. The van der Waals surface area contributed by atoms with E-state index in [1.807, 2.05) is 24.3 Å². The van der Waals surface area contributed by atoms with Crippen LogP contribution in [0, 0.1) is 5.82 Å². The van der Waals surface area contributed by atoms with Crippen molar-refractivity contribution in [2.45, 2.75) is 0 Å². The van der Waals surface area contributed by atoms with E-state index < -0.39 is 5.82 Å². The second-order valence-electron chi connectivity index (χ2n) is 4.37. The number of benzene rings is 1. The van der Waals surface area contributed by atoms with Crippen LogP contribution in [0.4, 0.5) is 10.1 Å². The highest BCUT2D eigenvalue weighted by Crippen LogP contribution is 2.25. The van der Waals surface area contributed by atoms with Gasteiger partial charge in [-0.2, -0.15) is 0 Å². The summed E-state index contributed by atoms with van der Waals surface area (Å²) in [5.41, 5.74) is 2.17. The molecule has 0 bridgehead atoms. The van der Waals surface area contributed by atoms with Gasteiger partial charge in [-0.15, -0.1) is 0 Å². The van der Waals surface area contributed by atoms with Crippen molar-refractivity contribution in [2.75, 3.05) is 31.2 Å². The van der Waals surface area contributed by atoms with Gasteiger partial charge in [-0.3, -0.25) is 0 Å². The Labute approximate surface area is 110 Å². The molecule has 19 heavy (non-hydrogen) atoms. The molecule has 0 amide bonds. The Hall–Kier alpha value is -2.01. The van der Waals surface area contributed by atoms with Crippen molar-refractivity contribution >= 4 is 5.69 Å². The number of aromatic nitrogens is 2. The Kier molecular flexibility index (Phi) is 3.37. The first-order valence-corrected chi connectivity index (χ1v) is 6.23. The van der Waals surface area contributed by atoms with Crippen LogP contribution in [0.25, 0.3) is 11.3 Å². The molecule has 0 saturated carbocycles. The van der Waals surface area contributed by atoms with Gasteiger partial charge in [-0.1, -0.05) is 12.1 Å². The largest absolute Gasteiger partial charge is 0.378 e. The molecule has 1 aliphatic rings. The van der Waals surface area contributed by atoms with Crippen LogP contribution in [-0.4, -0.2) is 36.3 Å². The van der Waals surface area contributed by atoms with Crippen molar-refractivity contribution in [1.82, 2.24) is 9.97 Å². The fraction of sp³-hybridized carbons (Fsp3) is 0.286. The highest BCUT2D eigenvalue weighted by Gasteiger charge is 2.13. The molecule has 98 valence electrons. The summed E-state index contributed by atoms with van der Waals surface area (Å²) in [4.78, 5) is 9.90. The molecule has 1 saturated heterocycles. The normalized spacial score (nSPS) is 15.5. The van der Waals surface area contributed by atoms with Crippen LogP contribution in [0.5, 0.6) is 0 Å². The summed E-state index contributed by atoms with van der Waals surface area (Å²) in [5.74, 6) is -0.401. The minimum Gasteiger partial charge on any atom is -0.378 e. The van der Waals surface area contributed by atoms with Crippen molar-refractivity contribution in [3.8, 4) is 11.3 Å². The molecule has 0 N–H and O–H groups in total. The van der Waals surface area contributed by atoms with E-state index in [0.29, 0.717) is 5.69 Å². The predicted molar refractivity (Wildman–Crippen MR) is 70.5 cm³/mol. The monoisotopic (exact) mass is 259 g/mol. The van der Waals surface area contributed by atoms with Gasteiger partial charge in [0.2, 0.25) is 0 Å². The maximum Gasteiger partial charge on any atom is 0.167 e. The minimum absolute atomic E-state index is 0.338. The number of hydrogen-bond acceptors (Lipinski definition) is 4. The molecule has 0 radical (unpaired) electrons. The standard InChI is InChI=1S/C14H14FN3O/c15-13-9-16-10-17-14(13)11-2-1-3-12(8-11)18-4-6-19-7-5-18/h1-3,8-10H,4-7H2. The molecule has 2 heterocycles. The average Bonchev–Trinajstić information content (AvgIpc) is 2.49. The molecule has 1 aromatic carbocycles. The third kappa shape index (κ3) is 2.56. The smallest absolute Gasteiger partial charge is 0.167 e. The summed E-state index contributed by atoms with van der Waals surface area (Å²) in [6.07, 6.45) is 2.55. The second kappa shape index (κ2) is 5.32. The van der Waals surface area contributed by atoms with Gasteiger partial charge in [0, 0.05) is 24.3 Å². The van der Waals surface area contributed by atoms with Crippen LogP contribution < -0.4 is 4.90 Å². The van der Waals surface area contributed by atoms with Gasteiger partial charge in [-0.05, 0) is 12.1 Å². The third-order valence-corrected chi connectivity index (χ3v) is 3.16. The lowest BCUT2D eigenvalue weighted by molar-refractivity contribution is 0.122. The molecule has 0 unspecified atom stereocenters. The first-order chi connectivity index (χ1) is 9.34. The first-order valence-electron chi connectivity index (χ1n) is 6.23. The number of anilines is 1. The van der Waals surface area contributed by atoms with E-state index >= 15 is 0 Å². The third-order valence-electron chi connectivity index (χ3n) is 3.16. The summed E-state index contributed by atoms with van der Waals surface area (Å²) >= 11 is 0. The molecule has 5 heteroatoms. The molecule has 1 aromatic heterocycles. The Morgan fingerprint density at radius 3 is 2.84 bits per heavy atom. The average molecular weight is 259 g/mol. The second-order valence-corrected chi connectivity index (χ2v) is 4.37. The fourth-order valence-electron chi connectivity index (χ4n) is 2.20. The predicted octanol–water partition coefficient (Wildman–Crippen LogP) is 2.12. The van der Waals surface area contributed by atoms with Crippen molar-refractivity contribution in [3.05, 3.63) is 42.6 Å². The SMILES string of the molecule is Fc1cncnc1-c1cccc(N2CCOCC2)c1. The lowest BCUT2D eigenvalue weighted by Gasteiger charge is -2.29. The van der Waals surface area contributed by atoms with Gasteiger partial charge in [0.05, 0.1) is 19.4 Å². The molecule has 1 fully saturated rings. The van der Waals surface area contributed by atoms with Gasteiger partial charge in [0.25, 0.3) is 0 Å². The van der Waals surface area contributed by atoms with E-state index in [0.717, 1.165) is 37.6 Å². The van der Waals surface area contributed by atoms with Crippen LogP contribution in [-0.2, 0) is 4.74 Å². The molecule has 0 spiro atoms. The molecule has 3 rings (SSSR count). The Bertz CT molecular complexity index is 570. The summed E-state index contributed by atoms with van der Waals surface area (Å²) in [6, 6.07) is 7.75. The lowest BCUT2D eigenvalue weighted by Crippen LogP contribution is -2.36. The van der Waals surface area contributed by atoms with E-state index in [9.17, 15) is 4.39 Å². The minimum atomic E-state index is -0.401. The first kappa shape index (κ1) is 12.0. The lowest BCUT2D eigenvalue weighted by atomic mass is 10.1. The summed E-state index contributed by atoms with van der Waals surface area (Å²) in [7, 11) is 0. The van der Waals surface area contributed by atoms with Gasteiger partial charge >= 0.3 is 0 Å². The molecule has 2 aromatic rings. The van der Waals surface area contributed by atoms with Crippen molar-refractivity contribution in [2.24, 2.45) is 0 Å². The van der Waals surface area contributed by atoms with E-state index in [1.165, 1.54) is 12.5 Å². The number of halogens is 1. The molecular formula is C14H14FN3O. The van der Waals surface area contributed by atoms with Crippen molar-refractivity contribution in [1.29, 1.82) is 0 Å². The molecule has 1 aliphatic heterocycles. The number of morpholine rings is 1. The summed E-state index contributed by atoms with van der Waals surface area (Å²) in [5, 5.41) is 0. The highest BCUT2D eigenvalue weighted by atomic mass is 19.1. The zero-order chi connectivity index (χ0) is 13.1. The van der Waals surface area contributed by atoms with Crippen LogP contribution in [0.3, 0.4) is 0 Å². The summed E-state index contributed by atoms with van der Waals surface area (Å²) in [6.45, 7) is 3.17. The van der Waals surface area contributed by atoms with Crippen molar-refractivity contribution < 1.29 is 9.13 Å². The number of nitrogens with zero attached hydrogens (tertiary/aromatic N) is 3. The number of hydrogen-bond donors (Lipinski definition) is 0. The summed E-state index contributed by atoms with van der Waals surface area (Å²) < 4.78 is 19.0.